The Labute approximate surface area is 201 Å². The van der Waals surface area contributed by atoms with Crippen LogP contribution in [0.25, 0.3) is 11.1 Å². The molecule has 1 aromatic heterocycles. The van der Waals surface area contributed by atoms with Crippen LogP contribution in [-0.4, -0.2) is 54.0 Å². The Bertz CT molecular complexity index is 1230. The number of aryl methyl sites for hydroxylation is 1. The number of rotatable bonds is 5. The molecule has 1 aliphatic heterocycles. The van der Waals surface area contributed by atoms with Crippen LogP contribution in [0.3, 0.4) is 0 Å². The number of carbonyl (C=O) groups excluding carboxylic acids is 1. The number of alkyl halides is 3. The normalized spacial score (nSPS) is 16.1. The van der Waals surface area contributed by atoms with E-state index in [4.69, 9.17) is 5.73 Å². The number of likely N-dealkylation sites (N-methyl/N-ethyl adjacent to an activating group) is 1. The summed E-state index contributed by atoms with van der Waals surface area (Å²) < 4.78 is 40.4. The highest BCUT2D eigenvalue weighted by Crippen LogP contribution is 2.37. The Hall–Kier alpha value is -3.66. The Morgan fingerprint density at radius 1 is 1.14 bits per heavy atom. The number of nitrogens with one attached hydrogen (secondary N) is 1. The summed E-state index contributed by atoms with van der Waals surface area (Å²) in [6, 6.07) is 8.85. The lowest BCUT2D eigenvalue weighted by Gasteiger charge is -2.25. The molecule has 0 unspecified atom stereocenters. The minimum absolute atomic E-state index is 0.127. The van der Waals surface area contributed by atoms with Crippen molar-refractivity contribution in [2.75, 3.05) is 43.1 Å². The Morgan fingerprint density at radius 3 is 2.49 bits per heavy atom. The third-order valence-electron chi connectivity index (χ3n) is 6.29. The van der Waals surface area contributed by atoms with Crippen molar-refractivity contribution in [3.63, 3.8) is 0 Å². The molecular formula is C25H27F3N6O. The maximum atomic E-state index is 13.5. The first-order valence-corrected chi connectivity index (χ1v) is 11.2. The molecule has 0 spiro atoms. The number of carbonyl (C=O) groups is 1. The zero-order chi connectivity index (χ0) is 25.3. The molecule has 0 bridgehead atoms. The van der Waals surface area contributed by atoms with Gasteiger partial charge >= 0.3 is 6.18 Å². The molecular weight excluding hydrogens is 457 g/mol. The second kappa shape index (κ2) is 9.53. The number of nitrogen functional groups attached to an aromatic ring is 1. The van der Waals surface area contributed by atoms with Crippen LogP contribution < -0.4 is 16.0 Å². The van der Waals surface area contributed by atoms with Gasteiger partial charge in [-0.1, -0.05) is 6.07 Å². The molecule has 0 radical (unpaired) electrons. The lowest BCUT2D eigenvalue weighted by Crippen LogP contribution is -2.31. The predicted molar refractivity (Wildman–Crippen MR) is 130 cm³/mol. The highest BCUT2D eigenvalue weighted by molar-refractivity contribution is 6.06. The van der Waals surface area contributed by atoms with E-state index in [9.17, 15) is 18.0 Å². The van der Waals surface area contributed by atoms with E-state index in [2.05, 4.69) is 20.2 Å². The standard InChI is InChI=1S/C25H27F3N6O/c1-15-4-5-16(10-20(15)17-12-30-24(29)31-13-17)23(35)32-21-11-18(25(26,27)28)6-7-22(21)34-9-8-19(14-34)33(2)3/h4-7,10-13,19H,8-9,14H2,1-3H3,(H,32,35)(H2,29,30,31)/t19-/m0/s1. The first-order valence-electron chi connectivity index (χ1n) is 11.2. The molecule has 3 aromatic rings. The fraction of sp³-hybridized carbons (Fsp3) is 0.320. The summed E-state index contributed by atoms with van der Waals surface area (Å²) in [6.45, 7) is 3.22. The molecule has 0 aliphatic carbocycles. The van der Waals surface area contributed by atoms with Gasteiger partial charge in [0.25, 0.3) is 5.91 Å². The van der Waals surface area contributed by atoms with Gasteiger partial charge in [0.05, 0.1) is 16.9 Å². The van der Waals surface area contributed by atoms with Gasteiger partial charge in [0.2, 0.25) is 5.95 Å². The van der Waals surface area contributed by atoms with Crippen LogP contribution in [0.1, 0.15) is 27.9 Å². The molecule has 1 atom stereocenters. The second-order valence-corrected chi connectivity index (χ2v) is 8.90. The maximum Gasteiger partial charge on any atom is 0.416 e. The van der Waals surface area contributed by atoms with Crippen molar-refractivity contribution < 1.29 is 18.0 Å². The van der Waals surface area contributed by atoms with Crippen LogP contribution in [0.5, 0.6) is 0 Å². The molecule has 2 aromatic carbocycles. The highest BCUT2D eigenvalue weighted by Gasteiger charge is 2.33. The number of hydrogen-bond donors (Lipinski definition) is 2. The number of benzene rings is 2. The summed E-state index contributed by atoms with van der Waals surface area (Å²) in [4.78, 5) is 25.3. The van der Waals surface area contributed by atoms with Crippen LogP contribution in [0, 0.1) is 6.92 Å². The summed E-state index contributed by atoms with van der Waals surface area (Å²) in [5, 5.41) is 2.72. The van der Waals surface area contributed by atoms with E-state index < -0.39 is 17.6 Å². The molecule has 1 fully saturated rings. The van der Waals surface area contributed by atoms with Crippen LogP contribution in [-0.2, 0) is 6.18 Å². The molecule has 0 saturated carbocycles. The summed E-state index contributed by atoms with van der Waals surface area (Å²) in [5.41, 5.74) is 8.05. The molecule has 10 heteroatoms. The predicted octanol–water partition coefficient (Wildman–Crippen LogP) is 4.45. The molecule has 1 aliphatic rings. The highest BCUT2D eigenvalue weighted by atomic mass is 19.4. The average molecular weight is 485 g/mol. The van der Waals surface area contributed by atoms with Gasteiger partial charge in [-0.3, -0.25) is 4.79 Å². The summed E-state index contributed by atoms with van der Waals surface area (Å²) in [5.74, 6) is -0.373. The molecule has 4 rings (SSSR count). The van der Waals surface area contributed by atoms with Gasteiger partial charge in [-0.15, -0.1) is 0 Å². The van der Waals surface area contributed by atoms with E-state index in [1.54, 1.807) is 30.6 Å². The van der Waals surface area contributed by atoms with Crippen LogP contribution in [0.2, 0.25) is 0 Å². The number of halogens is 3. The van der Waals surface area contributed by atoms with Gasteiger partial charge < -0.3 is 20.9 Å². The lowest BCUT2D eigenvalue weighted by atomic mass is 10.00. The van der Waals surface area contributed by atoms with Gasteiger partial charge in [-0.05, 0) is 68.9 Å². The number of nitrogens with two attached hydrogens (primary N) is 1. The minimum atomic E-state index is -4.53. The molecule has 3 N–H and O–H groups in total. The Morgan fingerprint density at radius 2 is 1.86 bits per heavy atom. The van der Waals surface area contributed by atoms with Crippen molar-refractivity contribution in [3.05, 3.63) is 65.5 Å². The Balaban J connectivity index is 1.66. The van der Waals surface area contributed by atoms with Crippen molar-refractivity contribution in [1.29, 1.82) is 0 Å². The zero-order valence-corrected chi connectivity index (χ0v) is 19.7. The van der Waals surface area contributed by atoms with Crippen molar-refractivity contribution >= 4 is 23.2 Å². The van der Waals surface area contributed by atoms with Crippen molar-refractivity contribution in [2.24, 2.45) is 0 Å². The molecule has 2 heterocycles. The summed E-state index contributed by atoms with van der Waals surface area (Å²) >= 11 is 0. The van der Waals surface area contributed by atoms with Gasteiger partial charge in [-0.25, -0.2) is 9.97 Å². The van der Waals surface area contributed by atoms with Crippen molar-refractivity contribution in [1.82, 2.24) is 14.9 Å². The molecule has 7 nitrogen and oxygen atoms in total. The number of aromatic nitrogens is 2. The van der Waals surface area contributed by atoms with Crippen LogP contribution in [0.15, 0.2) is 48.8 Å². The molecule has 1 saturated heterocycles. The number of amides is 1. The number of nitrogens with zero attached hydrogens (tertiary/aromatic N) is 4. The summed E-state index contributed by atoms with van der Waals surface area (Å²) in [6.07, 6.45) is -0.522. The quantitative estimate of drug-likeness (QED) is 0.557. The molecule has 35 heavy (non-hydrogen) atoms. The Kier molecular flexibility index (Phi) is 6.66. The van der Waals surface area contributed by atoms with Crippen LogP contribution in [0.4, 0.5) is 30.5 Å². The summed E-state index contributed by atoms with van der Waals surface area (Å²) in [7, 11) is 3.95. The zero-order valence-electron chi connectivity index (χ0n) is 19.7. The van der Waals surface area contributed by atoms with E-state index >= 15 is 0 Å². The maximum absolute atomic E-state index is 13.5. The SMILES string of the molecule is Cc1ccc(C(=O)Nc2cc(C(F)(F)F)ccc2N2CC[C@H](N(C)C)C2)cc1-c1cnc(N)nc1. The third kappa shape index (κ3) is 5.37. The first kappa shape index (κ1) is 24.5. The fourth-order valence-electron chi connectivity index (χ4n) is 4.22. The van der Waals surface area contributed by atoms with Gasteiger partial charge in [-0.2, -0.15) is 13.2 Å². The van der Waals surface area contributed by atoms with E-state index in [1.165, 1.54) is 6.07 Å². The van der Waals surface area contributed by atoms with Crippen molar-refractivity contribution in [2.45, 2.75) is 25.6 Å². The van der Waals surface area contributed by atoms with Crippen LogP contribution >= 0.6 is 0 Å². The van der Waals surface area contributed by atoms with E-state index in [-0.39, 0.29) is 17.7 Å². The second-order valence-electron chi connectivity index (χ2n) is 8.90. The number of anilines is 3. The lowest BCUT2D eigenvalue weighted by molar-refractivity contribution is -0.137. The fourth-order valence-corrected chi connectivity index (χ4v) is 4.22. The average Bonchev–Trinajstić information content (AvgIpc) is 3.30. The number of hydrogen-bond acceptors (Lipinski definition) is 6. The third-order valence-corrected chi connectivity index (χ3v) is 6.29. The first-order chi connectivity index (χ1) is 16.5. The van der Waals surface area contributed by atoms with Gasteiger partial charge in [0.15, 0.2) is 0 Å². The molecule has 1 amide bonds. The monoisotopic (exact) mass is 484 g/mol. The smallest absolute Gasteiger partial charge is 0.368 e. The van der Waals surface area contributed by atoms with Gasteiger partial charge in [0, 0.05) is 42.7 Å². The van der Waals surface area contributed by atoms with E-state index in [0.29, 0.717) is 29.9 Å². The van der Waals surface area contributed by atoms with E-state index in [0.717, 1.165) is 29.7 Å². The largest absolute Gasteiger partial charge is 0.416 e. The molecule has 184 valence electrons. The topological polar surface area (TPSA) is 87.4 Å². The van der Waals surface area contributed by atoms with Gasteiger partial charge in [0.1, 0.15) is 0 Å². The minimum Gasteiger partial charge on any atom is -0.368 e. The van der Waals surface area contributed by atoms with E-state index in [1.807, 2.05) is 25.9 Å². The van der Waals surface area contributed by atoms with Crippen molar-refractivity contribution in [3.8, 4) is 11.1 Å².